The van der Waals surface area contributed by atoms with Crippen LogP contribution in [0.2, 0.25) is 0 Å². The Morgan fingerprint density at radius 1 is 1.18 bits per heavy atom. The summed E-state index contributed by atoms with van der Waals surface area (Å²) in [6, 6.07) is 9.51. The van der Waals surface area contributed by atoms with E-state index >= 15 is 0 Å². The number of aromatic nitrogens is 1. The van der Waals surface area contributed by atoms with Crippen molar-refractivity contribution in [3.63, 3.8) is 0 Å². The van der Waals surface area contributed by atoms with Crippen molar-refractivity contribution in [2.45, 2.75) is 12.3 Å². The van der Waals surface area contributed by atoms with Gasteiger partial charge in [-0.1, -0.05) is 12.1 Å². The van der Waals surface area contributed by atoms with E-state index in [-0.39, 0.29) is 6.04 Å². The summed E-state index contributed by atoms with van der Waals surface area (Å²) in [4.78, 5) is 4.26. The highest BCUT2D eigenvalue weighted by Gasteiger charge is 2.18. The lowest BCUT2D eigenvalue weighted by atomic mass is 10.0. The molecule has 1 aromatic heterocycles. The van der Waals surface area contributed by atoms with Gasteiger partial charge >= 0.3 is 0 Å². The fourth-order valence-corrected chi connectivity index (χ4v) is 1.85. The first-order valence-electron chi connectivity index (χ1n) is 5.42. The second-order valence-electron chi connectivity index (χ2n) is 3.82. The number of rotatable bonds is 4. The van der Waals surface area contributed by atoms with Gasteiger partial charge < -0.3 is 15.2 Å². The highest BCUT2D eigenvalue weighted by molar-refractivity contribution is 5.79. The molecular weight excluding hydrogens is 216 g/mol. The molecule has 4 nitrogen and oxygen atoms in total. The molecular formula is C13H16N2O2. The number of fused-ring (bicyclic) bond motifs is 1. The molecule has 2 aromatic rings. The zero-order chi connectivity index (χ0) is 12.3. The lowest BCUT2D eigenvalue weighted by Crippen LogP contribution is -2.29. The Hall–Kier alpha value is -1.49. The van der Waals surface area contributed by atoms with Crippen LogP contribution < -0.4 is 5.73 Å². The molecule has 1 heterocycles. The summed E-state index contributed by atoms with van der Waals surface area (Å²) in [5.74, 6) is 0. The Balaban J connectivity index is 2.35. The van der Waals surface area contributed by atoms with Crippen molar-refractivity contribution in [2.75, 3.05) is 14.2 Å². The molecule has 0 saturated carbocycles. The van der Waals surface area contributed by atoms with Gasteiger partial charge in [0.15, 0.2) is 6.29 Å². The van der Waals surface area contributed by atoms with E-state index < -0.39 is 6.29 Å². The molecule has 0 saturated heterocycles. The van der Waals surface area contributed by atoms with Crippen molar-refractivity contribution in [1.29, 1.82) is 0 Å². The van der Waals surface area contributed by atoms with E-state index in [1.54, 1.807) is 20.4 Å². The van der Waals surface area contributed by atoms with Crippen molar-refractivity contribution in [3.05, 3.63) is 42.1 Å². The summed E-state index contributed by atoms with van der Waals surface area (Å²) in [6.07, 6.45) is 1.33. The Morgan fingerprint density at radius 2 is 1.94 bits per heavy atom. The minimum Gasteiger partial charge on any atom is -0.354 e. The molecule has 4 heteroatoms. The van der Waals surface area contributed by atoms with Crippen LogP contribution in [-0.4, -0.2) is 25.5 Å². The number of nitrogens with zero attached hydrogens (tertiary/aromatic N) is 1. The first-order valence-corrected chi connectivity index (χ1v) is 5.42. The lowest BCUT2D eigenvalue weighted by molar-refractivity contribution is -0.117. The number of benzene rings is 1. The summed E-state index contributed by atoms with van der Waals surface area (Å²) >= 11 is 0. The van der Waals surface area contributed by atoms with Gasteiger partial charge in [0.05, 0.1) is 11.6 Å². The minimum absolute atomic E-state index is 0.311. The minimum atomic E-state index is -0.441. The smallest absolute Gasteiger partial charge is 0.175 e. The Morgan fingerprint density at radius 3 is 2.65 bits per heavy atom. The summed E-state index contributed by atoms with van der Waals surface area (Å²) in [5, 5.41) is 1.06. The molecule has 1 atom stereocenters. The molecule has 1 aromatic carbocycles. The van der Waals surface area contributed by atoms with Gasteiger partial charge in [-0.25, -0.2) is 0 Å². The molecule has 0 bridgehead atoms. The largest absolute Gasteiger partial charge is 0.354 e. The molecule has 2 N–H and O–H groups in total. The average Bonchev–Trinajstić information content (AvgIpc) is 2.39. The maximum absolute atomic E-state index is 6.08. The van der Waals surface area contributed by atoms with Crippen molar-refractivity contribution in [2.24, 2.45) is 5.73 Å². The van der Waals surface area contributed by atoms with Gasteiger partial charge in [-0.3, -0.25) is 4.98 Å². The maximum atomic E-state index is 6.08. The van der Waals surface area contributed by atoms with Gasteiger partial charge in [-0.05, 0) is 23.8 Å². The second-order valence-corrected chi connectivity index (χ2v) is 3.82. The molecule has 1 unspecified atom stereocenters. The predicted molar refractivity (Wildman–Crippen MR) is 66.5 cm³/mol. The number of methoxy groups -OCH3 is 2. The van der Waals surface area contributed by atoms with Crippen LogP contribution in [0.1, 0.15) is 11.6 Å². The molecule has 0 fully saturated rings. The maximum Gasteiger partial charge on any atom is 0.175 e. The van der Waals surface area contributed by atoms with Crippen molar-refractivity contribution in [3.8, 4) is 0 Å². The lowest BCUT2D eigenvalue weighted by Gasteiger charge is -2.21. The van der Waals surface area contributed by atoms with Crippen molar-refractivity contribution >= 4 is 10.9 Å². The topological polar surface area (TPSA) is 57.4 Å². The zero-order valence-corrected chi connectivity index (χ0v) is 9.96. The van der Waals surface area contributed by atoms with E-state index in [0.29, 0.717) is 0 Å². The molecule has 0 aliphatic rings. The van der Waals surface area contributed by atoms with E-state index in [0.717, 1.165) is 16.5 Å². The standard InChI is InChI=1S/C13H16N2O2/c1-16-13(17-2)12(14)10-5-6-11-9(8-10)4-3-7-15-11/h3-8,12-13H,14H2,1-2H3. The fourth-order valence-electron chi connectivity index (χ4n) is 1.85. The highest BCUT2D eigenvalue weighted by atomic mass is 16.7. The molecule has 0 spiro atoms. The van der Waals surface area contributed by atoms with Crippen LogP contribution >= 0.6 is 0 Å². The first-order chi connectivity index (χ1) is 8.26. The average molecular weight is 232 g/mol. The molecule has 0 aliphatic heterocycles. The highest BCUT2D eigenvalue weighted by Crippen LogP contribution is 2.21. The molecule has 0 aliphatic carbocycles. The fraction of sp³-hybridized carbons (Fsp3) is 0.308. The third-order valence-electron chi connectivity index (χ3n) is 2.77. The van der Waals surface area contributed by atoms with Crippen LogP contribution in [0.4, 0.5) is 0 Å². The van der Waals surface area contributed by atoms with E-state index in [2.05, 4.69) is 4.98 Å². The third kappa shape index (κ3) is 2.44. The van der Waals surface area contributed by atoms with Crippen LogP contribution in [0, 0.1) is 0 Å². The second kappa shape index (κ2) is 5.23. The zero-order valence-electron chi connectivity index (χ0n) is 9.96. The Labute approximate surface area is 100 Å². The summed E-state index contributed by atoms with van der Waals surface area (Å²) in [7, 11) is 3.16. The SMILES string of the molecule is COC(OC)C(N)c1ccc2ncccc2c1. The van der Waals surface area contributed by atoms with E-state index in [4.69, 9.17) is 15.2 Å². The van der Waals surface area contributed by atoms with Crippen LogP contribution in [-0.2, 0) is 9.47 Å². The quantitative estimate of drug-likeness (QED) is 0.817. The van der Waals surface area contributed by atoms with E-state index in [9.17, 15) is 0 Å². The van der Waals surface area contributed by atoms with Gasteiger partial charge in [0.1, 0.15) is 0 Å². The third-order valence-corrected chi connectivity index (χ3v) is 2.77. The number of pyridine rings is 1. The van der Waals surface area contributed by atoms with Crippen LogP contribution in [0.3, 0.4) is 0 Å². The van der Waals surface area contributed by atoms with Crippen LogP contribution in [0.25, 0.3) is 10.9 Å². The number of nitrogens with two attached hydrogens (primary N) is 1. The van der Waals surface area contributed by atoms with Gasteiger partial charge in [-0.2, -0.15) is 0 Å². The molecule has 2 rings (SSSR count). The van der Waals surface area contributed by atoms with Gasteiger partial charge in [-0.15, -0.1) is 0 Å². The first kappa shape index (κ1) is 12.0. The van der Waals surface area contributed by atoms with Gasteiger partial charge in [0.2, 0.25) is 0 Å². The van der Waals surface area contributed by atoms with Crippen molar-refractivity contribution in [1.82, 2.24) is 4.98 Å². The molecule has 0 amide bonds. The molecule has 90 valence electrons. The molecule has 0 radical (unpaired) electrons. The van der Waals surface area contributed by atoms with Crippen molar-refractivity contribution < 1.29 is 9.47 Å². The van der Waals surface area contributed by atoms with Gasteiger partial charge in [0, 0.05) is 25.8 Å². The van der Waals surface area contributed by atoms with E-state index in [1.165, 1.54) is 0 Å². The Bertz CT molecular complexity index is 497. The van der Waals surface area contributed by atoms with Crippen LogP contribution in [0.5, 0.6) is 0 Å². The number of ether oxygens (including phenoxy) is 2. The monoisotopic (exact) mass is 232 g/mol. The number of hydrogen-bond acceptors (Lipinski definition) is 4. The predicted octanol–water partition coefficient (Wildman–Crippen LogP) is 1.85. The Kier molecular flexibility index (Phi) is 3.68. The number of hydrogen-bond donors (Lipinski definition) is 1. The van der Waals surface area contributed by atoms with Gasteiger partial charge in [0.25, 0.3) is 0 Å². The summed E-state index contributed by atoms with van der Waals surface area (Å²) in [6.45, 7) is 0. The summed E-state index contributed by atoms with van der Waals surface area (Å²) < 4.78 is 10.3. The normalized spacial score (nSPS) is 13.2. The van der Waals surface area contributed by atoms with E-state index in [1.807, 2.05) is 30.3 Å². The van der Waals surface area contributed by atoms with Crippen LogP contribution in [0.15, 0.2) is 36.5 Å². The molecule has 17 heavy (non-hydrogen) atoms. The summed E-state index contributed by atoms with van der Waals surface area (Å²) in [5.41, 5.74) is 8.01.